The average molecular weight is 278 g/mol. The number of rotatable bonds is 5. The van der Waals surface area contributed by atoms with Crippen molar-refractivity contribution in [2.24, 2.45) is 5.92 Å². The number of nitrogens with zero attached hydrogens (tertiary/aromatic N) is 2. The highest BCUT2D eigenvalue weighted by atomic mass is 16.2. The maximum absolute atomic E-state index is 12.3. The van der Waals surface area contributed by atoms with Crippen molar-refractivity contribution in [3.8, 4) is 0 Å². The molecular weight excluding hydrogens is 252 g/mol. The quantitative estimate of drug-likeness (QED) is 0.860. The molecule has 5 heteroatoms. The summed E-state index contributed by atoms with van der Waals surface area (Å²) in [5, 5.41) is 10.9. The van der Waals surface area contributed by atoms with Gasteiger partial charge < -0.3 is 10.6 Å². The molecule has 2 unspecified atom stereocenters. The Morgan fingerprint density at radius 2 is 2.30 bits per heavy atom. The first kappa shape index (κ1) is 15.0. The maximum Gasteiger partial charge on any atom is 0.269 e. The molecule has 112 valence electrons. The zero-order valence-electron chi connectivity index (χ0n) is 12.8. The van der Waals surface area contributed by atoms with Gasteiger partial charge in [-0.25, -0.2) is 0 Å². The Hall–Kier alpha value is -1.36. The number of hydrogen-bond acceptors (Lipinski definition) is 3. The van der Waals surface area contributed by atoms with E-state index < -0.39 is 0 Å². The van der Waals surface area contributed by atoms with Crippen molar-refractivity contribution in [3.05, 3.63) is 17.5 Å². The van der Waals surface area contributed by atoms with Gasteiger partial charge in [0, 0.05) is 19.1 Å². The smallest absolute Gasteiger partial charge is 0.269 e. The molecule has 0 spiro atoms. The first-order valence-electron chi connectivity index (χ1n) is 7.72. The van der Waals surface area contributed by atoms with E-state index in [9.17, 15) is 4.79 Å². The number of carbonyl (C=O) groups is 1. The second-order valence-corrected chi connectivity index (χ2v) is 5.65. The largest absolute Gasteiger partial charge is 0.350 e. The third-order valence-electron chi connectivity index (χ3n) is 4.04. The summed E-state index contributed by atoms with van der Waals surface area (Å²) in [5.41, 5.74) is 1.66. The van der Waals surface area contributed by atoms with Crippen LogP contribution in [0.1, 0.15) is 49.8 Å². The van der Waals surface area contributed by atoms with Crippen LogP contribution in [-0.4, -0.2) is 34.8 Å². The van der Waals surface area contributed by atoms with E-state index in [-0.39, 0.29) is 5.91 Å². The van der Waals surface area contributed by atoms with Gasteiger partial charge in [0.15, 0.2) is 0 Å². The maximum atomic E-state index is 12.3. The minimum Gasteiger partial charge on any atom is -0.350 e. The van der Waals surface area contributed by atoms with Gasteiger partial charge in [0.25, 0.3) is 5.91 Å². The van der Waals surface area contributed by atoms with Gasteiger partial charge in [-0.3, -0.25) is 9.48 Å². The van der Waals surface area contributed by atoms with E-state index in [2.05, 4.69) is 29.6 Å². The Kier molecular flexibility index (Phi) is 5.17. The molecule has 1 amide bonds. The van der Waals surface area contributed by atoms with Gasteiger partial charge in [0.1, 0.15) is 5.69 Å². The van der Waals surface area contributed by atoms with Gasteiger partial charge in [0.2, 0.25) is 0 Å². The molecule has 2 N–H and O–H groups in total. The van der Waals surface area contributed by atoms with E-state index in [4.69, 9.17) is 0 Å². The lowest BCUT2D eigenvalue weighted by Crippen LogP contribution is -2.42. The van der Waals surface area contributed by atoms with Gasteiger partial charge in [-0.2, -0.15) is 5.10 Å². The van der Waals surface area contributed by atoms with Crippen LogP contribution in [-0.2, 0) is 13.0 Å². The molecule has 1 saturated heterocycles. The van der Waals surface area contributed by atoms with E-state index in [1.807, 2.05) is 13.0 Å². The fraction of sp³-hybridized carbons (Fsp3) is 0.733. The highest BCUT2D eigenvalue weighted by molar-refractivity contribution is 5.92. The second kappa shape index (κ2) is 6.88. The number of hydrogen-bond donors (Lipinski definition) is 2. The summed E-state index contributed by atoms with van der Waals surface area (Å²) in [7, 11) is 0. The summed E-state index contributed by atoms with van der Waals surface area (Å²) < 4.78 is 1.79. The molecule has 1 aliphatic heterocycles. The first-order valence-corrected chi connectivity index (χ1v) is 7.72. The number of amides is 1. The topological polar surface area (TPSA) is 59.0 Å². The van der Waals surface area contributed by atoms with Crippen LogP contribution in [0, 0.1) is 5.92 Å². The minimum atomic E-state index is -0.00216. The van der Waals surface area contributed by atoms with Crippen LogP contribution in [0.2, 0.25) is 0 Å². The molecule has 0 aliphatic carbocycles. The highest BCUT2D eigenvalue weighted by Crippen LogP contribution is 2.13. The number of nitrogens with one attached hydrogen (secondary N) is 2. The molecule has 2 rings (SSSR count). The van der Waals surface area contributed by atoms with Crippen LogP contribution in [0.3, 0.4) is 0 Å². The fourth-order valence-electron chi connectivity index (χ4n) is 2.63. The lowest BCUT2D eigenvalue weighted by atomic mass is 9.95. The SMILES string of the molecule is CCc1cc(C(=O)NCC2CCC(C)NC2)n(CC)n1. The van der Waals surface area contributed by atoms with Crippen molar-refractivity contribution in [1.82, 2.24) is 20.4 Å². The summed E-state index contributed by atoms with van der Waals surface area (Å²) in [4.78, 5) is 12.3. The lowest BCUT2D eigenvalue weighted by molar-refractivity contribution is 0.0933. The molecule has 0 aromatic carbocycles. The Balaban J connectivity index is 1.89. The van der Waals surface area contributed by atoms with Crippen molar-refractivity contribution in [1.29, 1.82) is 0 Å². The number of piperidine rings is 1. The molecule has 0 radical (unpaired) electrons. The Bertz CT molecular complexity index is 447. The van der Waals surface area contributed by atoms with Crippen LogP contribution in [0.15, 0.2) is 6.07 Å². The predicted molar refractivity (Wildman–Crippen MR) is 79.8 cm³/mol. The zero-order chi connectivity index (χ0) is 14.5. The van der Waals surface area contributed by atoms with Crippen molar-refractivity contribution in [2.75, 3.05) is 13.1 Å². The lowest BCUT2D eigenvalue weighted by Gasteiger charge is -2.27. The van der Waals surface area contributed by atoms with E-state index in [1.165, 1.54) is 12.8 Å². The van der Waals surface area contributed by atoms with Gasteiger partial charge in [-0.1, -0.05) is 6.92 Å². The normalized spacial score (nSPS) is 22.8. The zero-order valence-corrected chi connectivity index (χ0v) is 12.8. The molecule has 2 atom stereocenters. The van der Waals surface area contributed by atoms with Crippen LogP contribution < -0.4 is 10.6 Å². The van der Waals surface area contributed by atoms with Crippen LogP contribution >= 0.6 is 0 Å². The Morgan fingerprint density at radius 1 is 1.50 bits per heavy atom. The molecule has 0 saturated carbocycles. The summed E-state index contributed by atoms with van der Waals surface area (Å²) in [6.45, 7) is 8.74. The third-order valence-corrected chi connectivity index (χ3v) is 4.04. The molecular formula is C15H26N4O. The fourth-order valence-corrected chi connectivity index (χ4v) is 2.63. The molecule has 1 aromatic rings. The van der Waals surface area contributed by atoms with Crippen molar-refractivity contribution in [2.45, 2.75) is 52.6 Å². The number of aromatic nitrogens is 2. The minimum absolute atomic E-state index is 0.00216. The molecule has 1 fully saturated rings. The molecule has 5 nitrogen and oxygen atoms in total. The molecule has 20 heavy (non-hydrogen) atoms. The van der Waals surface area contributed by atoms with Crippen LogP contribution in [0.5, 0.6) is 0 Å². The highest BCUT2D eigenvalue weighted by Gasteiger charge is 2.19. The molecule has 2 heterocycles. The van der Waals surface area contributed by atoms with Crippen molar-refractivity contribution >= 4 is 5.91 Å². The van der Waals surface area contributed by atoms with E-state index in [0.29, 0.717) is 17.7 Å². The Labute approximate surface area is 121 Å². The standard InChI is InChI=1S/C15H26N4O/c1-4-13-8-14(19(5-2)18-13)15(20)17-10-12-7-6-11(3)16-9-12/h8,11-12,16H,4-7,9-10H2,1-3H3,(H,17,20). The average Bonchev–Trinajstić information content (AvgIpc) is 2.90. The van der Waals surface area contributed by atoms with Crippen LogP contribution in [0.4, 0.5) is 0 Å². The first-order chi connectivity index (χ1) is 9.63. The second-order valence-electron chi connectivity index (χ2n) is 5.65. The van der Waals surface area contributed by atoms with E-state index in [0.717, 1.165) is 31.7 Å². The Morgan fingerprint density at radius 3 is 2.90 bits per heavy atom. The van der Waals surface area contributed by atoms with Gasteiger partial charge in [-0.05, 0) is 51.6 Å². The summed E-state index contributed by atoms with van der Waals surface area (Å²) in [6.07, 6.45) is 3.23. The summed E-state index contributed by atoms with van der Waals surface area (Å²) in [6, 6.07) is 2.51. The predicted octanol–water partition coefficient (Wildman–Crippen LogP) is 1.58. The van der Waals surface area contributed by atoms with Gasteiger partial charge in [-0.15, -0.1) is 0 Å². The van der Waals surface area contributed by atoms with Gasteiger partial charge >= 0.3 is 0 Å². The molecule has 1 aromatic heterocycles. The summed E-state index contributed by atoms with van der Waals surface area (Å²) >= 11 is 0. The van der Waals surface area contributed by atoms with E-state index >= 15 is 0 Å². The van der Waals surface area contributed by atoms with Gasteiger partial charge in [0.05, 0.1) is 5.69 Å². The van der Waals surface area contributed by atoms with E-state index in [1.54, 1.807) is 4.68 Å². The van der Waals surface area contributed by atoms with Crippen molar-refractivity contribution < 1.29 is 4.79 Å². The van der Waals surface area contributed by atoms with Crippen molar-refractivity contribution in [3.63, 3.8) is 0 Å². The number of aryl methyl sites for hydroxylation is 2. The summed E-state index contributed by atoms with van der Waals surface area (Å²) in [5.74, 6) is 0.538. The number of carbonyl (C=O) groups excluding carboxylic acids is 1. The monoisotopic (exact) mass is 278 g/mol. The third kappa shape index (κ3) is 3.60. The molecule has 1 aliphatic rings. The molecule has 0 bridgehead atoms. The van der Waals surface area contributed by atoms with Crippen LogP contribution in [0.25, 0.3) is 0 Å².